The van der Waals surface area contributed by atoms with Crippen LogP contribution in [0.1, 0.15) is 6.92 Å². The minimum absolute atomic E-state index is 0.0257. The van der Waals surface area contributed by atoms with Crippen molar-refractivity contribution >= 4 is 11.0 Å². The van der Waals surface area contributed by atoms with Gasteiger partial charge in [-0.05, 0) is 25.1 Å². The topological polar surface area (TPSA) is 258 Å². The summed E-state index contributed by atoms with van der Waals surface area (Å²) in [6.45, 7) is 0.570. The van der Waals surface area contributed by atoms with Crippen molar-refractivity contribution < 1.29 is 74.1 Å². The minimum Gasteiger partial charge on any atom is -0.508 e. The van der Waals surface area contributed by atoms with Gasteiger partial charge in [0.05, 0.1) is 19.8 Å². The van der Waals surface area contributed by atoms with E-state index < -0.39 is 96.1 Å². The van der Waals surface area contributed by atoms with Crippen LogP contribution in [0, 0.1) is 0 Å². The molecular weight excluding hydrogens is 592 g/mol. The lowest BCUT2D eigenvalue weighted by Crippen LogP contribution is -2.64. The van der Waals surface area contributed by atoms with Crippen LogP contribution in [0.2, 0.25) is 0 Å². The monoisotopic (exact) mass is 624 g/mol. The Morgan fingerprint density at radius 3 is 2.25 bits per heavy atom. The molecule has 0 spiro atoms. The van der Waals surface area contributed by atoms with Gasteiger partial charge in [0.25, 0.3) is 0 Å². The molecule has 44 heavy (non-hydrogen) atoms. The molecule has 2 aliphatic heterocycles. The number of phenolic OH excluding ortho intramolecular Hbond substituents is 3. The van der Waals surface area contributed by atoms with E-state index in [2.05, 4.69) is 0 Å². The molecule has 2 fully saturated rings. The van der Waals surface area contributed by atoms with E-state index in [9.17, 15) is 50.8 Å². The van der Waals surface area contributed by atoms with Crippen molar-refractivity contribution in [2.75, 3.05) is 13.7 Å². The Morgan fingerprint density at radius 1 is 0.841 bits per heavy atom. The van der Waals surface area contributed by atoms with Gasteiger partial charge < -0.3 is 74.1 Å². The molecule has 3 heterocycles. The van der Waals surface area contributed by atoms with E-state index in [4.69, 9.17) is 28.1 Å². The van der Waals surface area contributed by atoms with Gasteiger partial charge >= 0.3 is 0 Å². The van der Waals surface area contributed by atoms with Crippen LogP contribution in [0.3, 0.4) is 0 Å². The predicted octanol–water partition coefficient (Wildman–Crippen LogP) is -1.38. The molecular formula is C28H32O16. The Morgan fingerprint density at radius 2 is 1.57 bits per heavy atom. The lowest BCUT2D eigenvalue weighted by molar-refractivity contribution is -0.354. The molecule has 2 saturated heterocycles. The number of ether oxygens (including phenoxy) is 5. The van der Waals surface area contributed by atoms with Crippen LogP contribution < -0.4 is 14.9 Å². The van der Waals surface area contributed by atoms with Crippen molar-refractivity contribution in [1.82, 2.24) is 0 Å². The molecule has 0 bridgehead atoms. The second-order valence-electron chi connectivity index (χ2n) is 10.4. The molecule has 2 aromatic carbocycles. The second-order valence-corrected chi connectivity index (χ2v) is 10.4. The van der Waals surface area contributed by atoms with E-state index in [1.54, 1.807) is 0 Å². The normalized spacial score (nSPS) is 32.5. The summed E-state index contributed by atoms with van der Waals surface area (Å²) in [7, 11) is 1.28. The fourth-order valence-electron chi connectivity index (χ4n) is 5.08. The SMILES string of the molecule is COc1cc(-c2oc3cc(O)cc(O)c3c(=O)c2O[C@@H]2O[C@H](CO)[C@@H](O)[C@H](O)[C@H]2O[C@@H]2O[C@@H](C)[C@@H](O)[C@@H](O)[C@@H]2O)ccc1O. The third-order valence-electron chi connectivity index (χ3n) is 7.52. The molecule has 0 unspecified atom stereocenters. The zero-order valence-electron chi connectivity index (χ0n) is 23.3. The van der Waals surface area contributed by atoms with Crippen molar-refractivity contribution in [2.24, 2.45) is 0 Å². The van der Waals surface area contributed by atoms with Gasteiger partial charge in [0, 0.05) is 17.7 Å². The summed E-state index contributed by atoms with van der Waals surface area (Å²) in [4.78, 5) is 13.8. The van der Waals surface area contributed by atoms with E-state index in [1.807, 2.05) is 0 Å². The molecule has 5 rings (SSSR count). The van der Waals surface area contributed by atoms with Crippen LogP contribution in [0.5, 0.6) is 28.7 Å². The van der Waals surface area contributed by atoms with Gasteiger partial charge in [0.1, 0.15) is 59.1 Å². The van der Waals surface area contributed by atoms with Crippen LogP contribution in [-0.4, -0.2) is 121 Å². The van der Waals surface area contributed by atoms with Gasteiger partial charge in [-0.15, -0.1) is 0 Å². The van der Waals surface area contributed by atoms with E-state index in [0.717, 1.165) is 12.1 Å². The lowest BCUT2D eigenvalue weighted by Gasteiger charge is -2.45. The number of rotatable bonds is 7. The maximum atomic E-state index is 13.8. The van der Waals surface area contributed by atoms with E-state index in [-0.39, 0.29) is 28.4 Å². The maximum absolute atomic E-state index is 13.8. The number of aromatic hydroxyl groups is 3. The maximum Gasteiger partial charge on any atom is 0.239 e. The molecule has 0 amide bonds. The molecule has 10 atom stereocenters. The minimum atomic E-state index is -1.89. The van der Waals surface area contributed by atoms with Gasteiger partial charge in [-0.3, -0.25) is 4.79 Å². The predicted molar refractivity (Wildman–Crippen MR) is 145 cm³/mol. The highest BCUT2D eigenvalue weighted by molar-refractivity contribution is 5.88. The number of benzene rings is 2. The number of aliphatic hydroxyl groups is 6. The molecule has 16 nitrogen and oxygen atoms in total. The first-order chi connectivity index (χ1) is 20.9. The standard InChI is InChI=1S/C28H32O16/c1-9-18(33)21(36)23(38)27(40-9)44-26-22(37)19(34)16(8-29)42-28(26)43-25-20(35)17-13(32)6-11(30)7-15(17)41-24(25)10-3-4-12(31)14(5-10)39-2/h3-7,9,16,18-19,21-23,26-34,36-38H,8H2,1-2H3/t9-,16+,18+,19+,21+,22-,23-,26+,27-,28-/m0/s1. The van der Waals surface area contributed by atoms with Crippen LogP contribution >= 0.6 is 0 Å². The number of aliphatic hydroxyl groups excluding tert-OH is 6. The third kappa shape index (κ3) is 5.63. The Hall–Kier alpha value is -3.71. The van der Waals surface area contributed by atoms with E-state index in [0.29, 0.717) is 0 Å². The number of phenols is 3. The van der Waals surface area contributed by atoms with E-state index in [1.165, 1.54) is 32.2 Å². The average molecular weight is 625 g/mol. The highest BCUT2D eigenvalue weighted by atomic mass is 16.8. The summed E-state index contributed by atoms with van der Waals surface area (Å²) < 4.78 is 33.8. The molecule has 240 valence electrons. The van der Waals surface area contributed by atoms with Gasteiger partial charge in [-0.2, -0.15) is 0 Å². The molecule has 16 heteroatoms. The summed E-state index contributed by atoms with van der Waals surface area (Å²) in [5.41, 5.74) is -1.15. The Balaban J connectivity index is 1.63. The zero-order chi connectivity index (χ0) is 32.0. The first-order valence-corrected chi connectivity index (χ1v) is 13.4. The fraction of sp³-hybridized carbons (Fsp3) is 0.464. The van der Waals surface area contributed by atoms with Crippen LogP contribution in [0.15, 0.2) is 39.5 Å². The van der Waals surface area contributed by atoms with Crippen molar-refractivity contribution in [3.05, 3.63) is 40.6 Å². The van der Waals surface area contributed by atoms with Gasteiger partial charge in [0.15, 0.2) is 29.7 Å². The summed E-state index contributed by atoms with van der Waals surface area (Å²) in [6.07, 6.45) is -16.5. The third-order valence-corrected chi connectivity index (χ3v) is 7.52. The first-order valence-electron chi connectivity index (χ1n) is 13.4. The van der Waals surface area contributed by atoms with Crippen LogP contribution in [0.4, 0.5) is 0 Å². The number of methoxy groups -OCH3 is 1. The molecule has 9 N–H and O–H groups in total. The van der Waals surface area contributed by atoms with Crippen LogP contribution in [-0.2, 0) is 14.2 Å². The molecule has 2 aliphatic rings. The smallest absolute Gasteiger partial charge is 0.239 e. The number of fused-ring (bicyclic) bond motifs is 1. The van der Waals surface area contributed by atoms with Gasteiger partial charge in [-0.1, -0.05) is 0 Å². The van der Waals surface area contributed by atoms with Gasteiger partial charge in [-0.25, -0.2) is 0 Å². The number of hydrogen-bond acceptors (Lipinski definition) is 16. The lowest BCUT2D eigenvalue weighted by atomic mass is 9.97. The quantitative estimate of drug-likeness (QED) is 0.147. The summed E-state index contributed by atoms with van der Waals surface area (Å²) in [5, 5.41) is 92.3. The highest BCUT2D eigenvalue weighted by Crippen LogP contribution is 2.40. The number of hydrogen-bond donors (Lipinski definition) is 9. The fourth-order valence-corrected chi connectivity index (χ4v) is 5.08. The van der Waals surface area contributed by atoms with Gasteiger partial charge in [0.2, 0.25) is 17.5 Å². The summed E-state index contributed by atoms with van der Waals surface area (Å²) in [6, 6.07) is 5.81. The Bertz CT molecular complexity index is 1560. The van der Waals surface area contributed by atoms with Crippen molar-refractivity contribution in [1.29, 1.82) is 0 Å². The summed E-state index contributed by atoms with van der Waals surface area (Å²) >= 11 is 0. The molecule has 3 aromatic rings. The molecule has 1 aromatic heterocycles. The average Bonchev–Trinajstić information content (AvgIpc) is 2.99. The van der Waals surface area contributed by atoms with Crippen molar-refractivity contribution in [3.8, 4) is 40.1 Å². The first kappa shape index (κ1) is 31.7. The molecule has 0 saturated carbocycles. The largest absolute Gasteiger partial charge is 0.508 e. The molecule has 0 radical (unpaired) electrons. The second kappa shape index (κ2) is 12.4. The zero-order valence-corrected chi connectivity index (χ0v) is 23.3. The van der Waals surface area contributed by atoms with E-state index >= 15 is 0 Å². The van der Waals surface area contributed by atoms with Crippen molar-refractivity contribution in [2.45, 2.75) is 68.3 Å². The Kier molecular flexibility index (Phi) is 8.90. The molecule has 0 aliphatic carbocycles. The summed E-state index contributed by atoms with van der Waals surface area (Å²) in [5.74, 6) is -2.34. The highest BCUT2D eigenvalue weighted by Gasteiger charge is 2.51. The van der Waals surface area contributed by atoms with Crippen LogP contribution in [0.25, 0.3) is 22.3 Å². The van der Waals surface area contributed by atoms with Crippen molar-refractivity contribution in [3.63, 3.8) is 0 Å². The Labute approximate surface area is 248 Å².